The number of halogens is 1. The van der Waals surface area contributed by atoms with Crippen LogP contribution in [0.2, 0.25) is 0 Å². The summed E-state index contributed by atoms with van der Waals surface area (Å²) in [6.07, 6.45) is 7.39. The minimum Gasteiger partial charge on any atom is -0.453 e. The molecule has 1 heterocycles. The SMILES string of the molecule is O=c1cc(C2C=CC=C2)oc2c([N+](=O)[O-])cc(Br)cc12. The van der Waals surface area contributed by atoms with Crippen LogP contribution in [0.3, 0.4) is 0 Å². The van der Waals surface area contributed by atoms with Gasteiger partial charge in [-0.2, -0.15) is 0 Å². The van der Waals surface area contributed by atoms with E-state index in [4.69, 9.17) is 4.42 Å². The molecule has 0 N–H and O–H groups in total. The Hall–Kier alpha value is -2.21. The highest BCUT2D eigenvalue weighted by molar-refractivity contribution is 9.10. The molecule has 0 spiro atoms. The first-order valence-electron chi connectivity index (χ1n) is 5.83. The summed E-state index contributed by atoms with van der Waals surface area (Å²) in [4.78, 5) is 22.7. The number of fused-ring (bicyclic) bond motifs is 1. The molecule has 100 valence electrons. The van der Waals surface area contributed by atoms with Crippen molar-refractivity contribution in [3.05, 3.63) is 73.1 Å². The third-order valence-corrected chi connectivity index (χ3v) is 3.52. The fourth-order valence-corrected chi connectivity index (χ4v) is 2.59. The second kappa shape index (κ2) is 4.72. The lowest BCUT2D eigenvalue weighted by Crippen LogP contribution is -2.05. The average molecular weight is 334 g/mol. The Morgan fingerprint density at radius 2 is 1.90 bits per heavy atom. The number of hydrogen-bond donors (Lipinski definition) is 0. The Morgan fingerprint density at radius 3 is 2.55 bits per heavy atom. The quantitative estimate of drug-likeness (QED) is 0.620. The van der Waals surface area contributed by atoms with Crippen molar-refractivity contribution in [1.29, 1.82) is 0 Å². The Labute approximate surface area is 121 Å². The monoisotopic (exact) mass is 333 g/mol. The maximum absolute atomic E-state index is 12.1. The van der Waals surface area contributed by atoms with Crippen LogP contribution in [0.15, 0.2) is 56.2 Å². The van der Waals surface area contributed by atoms with Crippen LogP contribution in [0, 0.1) is 10.1 Å². The number of nitrogens with zero attached hydrogens (tertiary/aromatic N) is 1. The Bertz CT molecular complexity index is 823. The lowest BCUT2D eigenvalue weighted by molar-refractivity contribution is -0.383. The van der Waals surface area contributed by atoms with Gasteiger partial charge in [-0.15, -0.1) is 0 Å². The van der Waals surface area contributed by atoms with Gasteiger partial charge in [0.25, 0.3) is 0 Å². The van der Waals surface area contributed by atoms with Crippen LogP contribution in [-0.4, -0.2) is 4.92 Å². The molecule has 0 fully saturated rings. The number of allylic oxidation sites excluding steroid dienone is 4. The highest BCUT2D eigenvalue weighted by Crippen LogP contribution is 2.31. The molecule has 0 bridgehead atoms. The fraction of sp³-hybridized carbons (Fsp3) is 0.0714. The van der Waals surface area contributed by atoms with E-state index in [1.54, 1.807) is 0 Å². The number of nitro groups is 1. The molecular formula is C14H8BrNO4. The van der Waals surface area contributed by atoms with E-state index in [-0.39, 0.29) is 28.0 Å². The van der Waals surface area contributed by atoms with Gasteiger partial charge < -0.3 is 4.42 Å². The molecule has 1 aliphatic carbocycles. The van der Waals surface area contributed by atoms with Gasteiger partial charge in [0.1, 0.15) is 5.76 Å². The molecule has 0 aliphatic heterocycles. The topological polar surface area (TPSA) is 73.3 Å². The predicted molar refractivity (Wildman–Crippen MR) is 77.9 cm³/mol. The Kier molecular flexibility index (Phi) is 3.02. The van der Waals surface area contributed by atoms with Gasteiger partial charge in [0.15, 0.2) is 5.43 Å². The van der Waals surface area contributed by atoms with Crippen LogP contribution in [0.1, 0.15) is 11.7 Å². The first-order chi connectivity index (χ1) is 9.56. The summed E-state index contributed by atoms with van der Waals surface area (Å²) in [7, 11) is 0. The van der Waals surface area contributed by atoms with Crippen molar-refractivity contribution in [1.82, 2.24) is 0 Å². The van der Waals surface area contributed by atoms with E-state index in [1.165, 1.54) is 18.2 Å². The molecule has 2 aromatic rings. The zero-order chi connectivity index (χ0) is 14.3. The number of non-ortho nitro benzene ring substituents is 1. The van der Waals surface area contributed by atoms with E-state index in [1.807, 2.05) is 24.3 Å². The van der Waals surface area contributed by atoms with Crippen LogP contribution in [0.5, 0.6) is 0 Å². The maximum atomic E-state index is 12.1. The zero-order valence-electron chi connectivity index (χ0n) is 10.1. The molecule has 0 saturated heterocycles. The third kappa shape index (κ3) is 2.08. The third-order valence-electron chi connectivity index (χ3n) is 3.07. The van der Waals surface area contributed by atoms with Gasteiger partial charge in [-0.05, 0) is 6.07 Å². The van der Waals surface area contributed by atoms with Gasteiger partial charge >= 0.3 is 5.69 Å². The van der Waals surface area contributed by atoms with Gasteiger partial charge in [-0.25, -0.2) is 0 Å². The summed E-state index contributed by atoms with van der Waals surface area (Å²) < 4.78 is 6.08. The average Bonchev–Trinajstić information content (AvgIpc) is 2.92. The molecule has 0 radical (unpaired) electrons. The van der Waals surface area contributed by atoms with Crippen LogP contribution < -0.4 is 5.43 Å². The van der Waals surface area contributed by atoms with E-state index in [0.717, 1.165) is 0 Å². The van der Waals surface area contributed by atoms with Crippen LogP contribution in [0.25, 0.3) is 11.0 Å². The second-order valence-corrected chi connectivity index (χ2v) is 5.28. The zero-order valence-corrected chi connectivity index (χ0v) is 11.7. The molecule has 0 saturated carbocycles. The first-order valence-corrected chi connectivity index (χ1v) is 6.62. The summed E-state index contributed by atoms with van der Waals surface area (Å²) >= 11 is 3.16. The number of hydrogen-bond acceptors (Lipinski definition) is 4. The van der Waals surface area contributed by atoms with Gasteiger partial charge in [0, 0.05) is 16.6 Å². The molecule has 0 unspecified atom stereocenters. The van der Waals surface area contributed by atoms with Crippen molar-refractivity contribution >= 4 is 32.6 Å². The summed E-state index contributed by atoms with van der Waals surface area (Å²) in [6, 6.07) is 4.23. The fourth-order valence-electron chi connectivity index (χ4n) is 2.15. The molecule has 20 heavy (non-hydrogen) atoms. The molecule has 3 rings (SSSR count). The van der Waals surface area contributed by atoms with Crippen LogP contribution in [-0.2, 0) is 0 Å². The molecule has 1 aliphatic rings. The van der Waals surface area contributed by atoms with Crippen molar-refractivity contribution < 1.29 is 9.34 Å². The molecule has 0 amide bonds. The first kappa shape index (κ1) is 12.8. The smallest absolute Gasteiger partial charge is 0.313 e. The Balaban J connectivity index is 2.34. The molecule has 1 aromatic heterocycles. The largest absolute Gasteiger partial charge is 0.453 e. The van der Waals surface area contributed by atoms with Gasteiger partial charge in [-0.1, -0.05) is 40.2 Å². The maximum Gasteiger partial charge on any atom is 0.313 e. The molecule has 6 heteroatoms. The van der Waals surface area contributed by atoms with Crippen LogP contribution in [0.4, 0.5) is 5.69 Å². The minimum atomic E-state index is -0.555. The molecule has 5 nitrogen and oxygen atoms in total. The van der Waals surface area contributed by atoms with Gasteiger partial charge in [-0.3, -0.25) is 14.9 Å². The lowest BCUT2D eigenvalue weighted by atomic mass is 10.1. The van der Waals surface area contributed by atoms with E-state index in [2.05, 4.69) is 15.9 Å². The number of nitro benzene ring substituents is 1. The summed E-state index contributed by atoms with van der Waals surface area (Å²) in [6.45, 7) is 0. The summed E-state index contributed by atoms with van der Waals surface area (Å²) in [5.41, 5.74) is -0.506. The van der Waals surface area contributed by atoms with Crippen molar-refractivity contribution in [2.24, 2.45) is 0 Å². The normalized spacial score (nSPS) is 14.2. The van der Waals surface area contributed by atoms with Gasteiger partial charge in [0.05, 0.1) is 16.2 Å². The van der Waals surface area contributed by atoms with Gasteiger partial charge in [0.2, 0.25) is 5.58 Å². The predicted octanol–water partition coefficient (Wildman–Crippen LogP) is 3.67. The van der Waals surface area contributed by atoms with E-state index >= 15 is 0 Å². The highest BCUT2D eigenvalue weighted by Gasteiger charge is 2.20. The van der Waals surface area contributed by atoms with Crippen molar-refractivity contribution in [2.45, 2.75) is 5.92 Å². The van der Waals surface area contributed by atoms with Crippen LogP contribution >= 0.6 is 15.9 Å². The Morgan fingerprint density at radius 1 is 1.20 bits per heavy atom. The molecule has 1 aromatic carbocycles. The highest BCUT2D eigenvalue weighted by atomic mass is 79.9. The lowest BCUT2D eigenvalue weighted by Gasteiger charge is -2.06. The van der Waals surface area contributed by atoms with E-state index in [0.29, 0.717) is 10.2 Å². The standard InChI is InChI=1S/C14H8BrNO4/c15-9-5-10-12(17)7-13(8-3-1-2-4-8)20-14(10)11(6-9)16(18)19/h1-8H. The number of benzene rings is 1. The van der Waals surface area contributed by atoms with Crippen molar-refractivity contribution in [2.75, 3.05) is 0 Å². The van der Waals surface area contributed by atoms with Crippen molar-refractivity contribution in [3.8, 4) is 0 Å². The second-order valence-electron chi connectivity index (χ2n) is 4.37. The summed E-state index contributed by atoms with van der Waals surface area (Å²) in [5, 5.41) is 11.3. The van der Waals surface area contributed by atoms with E-state index in [9.17, 15) is 14.9 Å². The number of rotatable bonds is 2. The minimum absolute atomic E-state index is 0.00870. The summed E-state index contributed by atoms with van der Waals surface area (Å²) in [5.74, 6) is 0.244. The van der Waals surface area contributed by atoms with Crippen molar-refractivity contribution in [3.63, 3.8) is 0 Å². The van der Waals surface area contributed by atoms with E-state index < -0.39 is 4.92 Å². The molecule has 0 atom stereocenters. The molecular weight excluding hydrogens is 326 g/mol.